The molecule has 6 nitrogen and oxygen atoms in total. The molecule has 0 unspecified atom stereocenters. The first-order chi connectivity index (χ1) is 10.6. The van der Waals surface area contributed by atoms with Gasteiger partial charge in [-0.25, -0.2) is 4.98 Å². The standard InChI is InChI=1S/C16H18N4O2/c1-3-15(21)19-9-12(10-19)16(22)17-8-13-14-6-4-5-7-20(14)11(2)18-13/h3-7,12H,1,8-10H2,2H3,(H,17,22). The molecule has 0 spiro atoms. The minimum atomic E-state index is -0.140. The van der Waals surface area contributed by atoms with Gasteiger partial charge in [0.15, 0.2) is 0 Å². The topological polar surface area (TPSA) is 66.7 Å². The van der Waals surface area contributed by atoms with Crippen LogP contribution in [0.5, 0.6) is 0 Å². The van der Waals surface area contributed by atoms with E-state index in [1.165, 1.54) is 6.08 Å². The first-order valence-corrected chi connectivity index (χ1v) is 7.21. The Bertz CT molecular complexity index is 744. The van der Waals surface area contributed by atoms with Crippen molar-refractivity contribution in [3.8, 4) is 0 Å². The third-order valence-electron chi connectivity index (χ3n) is 3.97. The summed E-state index contributed by atoms with van der Waals surface area (Å²) in [6.45, 7) is 6.68. The lowest BCUT2D eigenvalue weighted by atomic mass is 9.99. The fourth-order valence-electron chi connectivity index (χ4n) is 2.67. The molecule has 2 aromatic heterocycles. The van der Waals surface area contributed by atoms with Crippen LogP contribution in [0.15, 0.2) is 37.1 Å². The number of hydrogen-bond acceptors (Lipinski definition) is 3. The fourth-order valence-corrected chi connectivity index (χ4v) is 2.67. The number of hydrogen-bond donors (Lipinski definition) is 1. The number of nitrogens with one attached hydrogen (secondary N) is 1. The Morgan fingerprint density at radius 2 is 2.23 bits per heavy atom. The van der Waals surface area contributed by atoms with Gasteiger partial charge in [0.2, 0.25) is 11.8 Å². The third-order valence-corrected chi connectivity index (χ3v) is 3.97. The number of rotatable bonds is 4. The summed E-state index contributed by atoms with van der Waals surface area (Å²) in [4.78, 5) is 29.5. The molecular formula is C16H18N4O2. The molecular weight excluding hydrogens is 280 g/mol. The molecule has 2 aromatic rings. The van der Waals surface area contributed by atoms with Gasteiger partial charge in [0.25, 0.3) is 0 Å². The number of likely N-dealkylation sites (tertiary alicyclic amines) is 1. The van der Waals surface area contributed by atoms with Crippen LogP contribution in [0.3, 0.4) is 0 Å². The minimum absolute atomic E-state index is 0.0390. The number of carbonyl (C=O) groups excluding carboxylic acids is 2. The van der Waals surface area contributed by atoms with Gasteiger partial charge in [-0.3, -0.25) is 9.59 Å². The van der Waals surface area contributed by atoms with Crippen molar-refractivity contribution >= 4 is 17.3 Å². The van der Waals surface area contributed by atoms with Crippen molar-refractivity contribution in [1.82, 2.24) is 19.6 Å². The summed E-state index contributed by atoms with van der Waals surface area (Å²) < 4.78 is 2.00. The fraction of sp³-hybridized carbons (Fsp3) is 0.312. The number of fused-ring (bicyclic) bond motifs is 1. The maximum atomic E-state index is 12.1. The van der Waals surface area contributed by atoms with E-state index in [1.807, 2.05) is 35.7 Å². The Balaban J connectivity index is 1.60. The predicted octanol–water partition coefficient (Wildman–Crippen LogP) is 0.903. The summed E-state index contributed by atoms with van der Waals surface area (Å²) in [6.07, 6.45) is 3.22. The lowest BCUT2D eigenvalue weighted by molar-refractivity contribution is -0.139. The molecule has 114 valence electrons. The lowest BCUT2D eigenvalue weighted by Crippen LogP contribution is -2.55. The molecule has 1 saturated heterocycles. The van der Waals surface area contributed by atoms with Gasteiger partial charge < -0.3 is 14.6 Å². The first kappa shape index (κ1) is 14.3. The molecule has 2 amide bonds. The summed E-state index contributed by atoms with van der Waals surface area (Å²) in [5.74, 6) is 0.591. The molecule has 3 rings (SSSR count). The normalized spacial score (nSPS) is 14.7. The van der Waals surface area contributed by atoms with E-state index in [-0.39, 0.29) is 17.7 Å². The van der Waals surface area contributed by atoms with E-state index in [2.05, 4.69) is 16.9 Å². The second-order valence-corrected chi connectivity index (χ2v) is 5.42. The van der Waals surface area contributed by atoms with E-state index in [9.17, 15) is 9.59 Å². The second kappa shape index (κ2) is 5.63. The maximum Gasteiger partial charge on any atom is 0.246 e. The average molecular weight is 298 g/mol. The monoisotopic (exact) mass is 298 g/mol. The number of pyridine rings is 1. The number of nitrogens with zero attached hydrogens (tertiary/aromatic N) is 3. The quantitative estimate of drug-likeness (QED) is 0.853. The van der Waals surface area contributed by atoms with E-state index < -0.39 is 0 Å². The van der Waals surface area contributed by atoms with Crippen molar-refractivity contribution in [3.63, 3.8) is 0 Å². The zero-order valence-corrected chi connectivity index (χ0v) is 12.5. The van der Waals surface area contributed by atoms with Gasteiger partial charge in [0.05, 0.1) is 23.7 Å². The first-order valence-electron chi connectivity index (χ1n) is 7.21. The van der Waals surface area contributed by atoms with E-state index >= 15 is 0 Å². The molecule has 0 bridgehead atoms. The highest BCUT2D eigenvalue weighted by atomic mass is 16.2. The van der Waals surface area contributed by atoms with Crippen LogP contribution in [0.4, 0.5) is 0 Å². The third kappa shape index (κ3) is 2.47. The summed E-state index contributed by atoms with van der Waals surface area (Å²) in [6, 6.07) is 5.88. The van der Waals surface area contributed by atoms with Crippen molar-refractivity contribution in [2.24, 2.45) is 5.92 Å². The largest absolute Gasteiger partial charge is 0.350 e. The van der Waals surface area contributed by atoms with Crippen LogP contribution < -0.4 is 5.32 Å². The van der Waals surface area contributed by atoms with Crippen LogP contribution >= 0.6 is 0 Å². The molecule has 0 aliphatic carbocycles. The Hall–Kier alpha value is -2.63. The van der Waals surface area contributed by atoms with Gasteiger partial charge in [0, 0.05) is 19.3 Å². The molecule has 0 atom stereocenters. The van der Waals surface area contributed by atoms with Crippen LogP contribution in [-0.2, 0) is 16.1 Å². The summed E-state index contributed by atoms with van der Waals surface area (Å²) >= 11 is 0. The summed E-state index contributed by atoms with van der Waals surface area (Å²) in [5.41, 5.74) is 1.85. The van der Waals surface area contributed by atoms with Crippen LogP contribution in [0.1, 0.15) is 11.5 Å². The highest BCUT2D eigenvalue weighted by molar-refractivity contribution is 5.90. The van der Waals surface area contributed by atoms with Crippen molar-refractivity contribution in [2.45, 2.75) is 13.5 Å². The van der Waals surface area contributed by atoms with E-state index in [4.69, 9.17) is 0 Å². The Labute approximate surface area is 128 Å². The Morgan fingerprint density at radius 3 is 2.95 bits per heavy atom. The highest BCUT2D eigenvalue weighted by Crippen LogP contribution is 2.17. The molecule has 0 saturated carbocycles. The molecule has 0 radical (unpaired) electrons. The van der Waals surface area contributed by atoms with Crippen LogP contribution in [-0.4, -0.2) is 39.2 Å². The van der Waals surface area contributed by atoms with Gasteiger partial charge in [-0.15, -0.1) is 0 Å². The number of aromatic nitrogens is 2. The molecule has 22 heavy (non-hydrogen) atoms. The zero-order valence-electron chi connectivity index (χ0n) is 12.5. The molecule has 1 aliphatic rings. The molecule has 1 N–H and O–H groups in total. The zero-order chi connectivity index (χ0) is 15.7. The molecule has 6 heteroatoms. The van der Waals surface area contributed by atoms with Gasteiger partial charge >= 0.3 is 0 Å². The van der Waals surface area contributed by atoms with Crippen molar-refractivity contribution in [3.05, 3.63) is 48.6 Å². The molecule has 1 fully saturated rings. The van der Waals surface area contributed by atoms with Crippen molar-refractivity contribution < 1.29 is 9.59 Å². The summed E-state index contributed by atoms with van der Waals surface area (Å²) in [5, 5.41) is 2.91. The number of amides is 2. The average Bonchev–Trinajstić information content (AvgIpc) is 2.80. The Morgan fingerprint density at radius 1 is 1.45 bits per heavy atom. The van der Waals surface area contributed by atoms with Crippen LogP contribution in [0, 0.1) is 12.8 Å². The minimum Gasteiger partial charge on any atom is -0.350 e. The highest BCUT2D eigenvalue weighted by Gasteiger charge is 2.34. The van der Waals surface area contributed by atoms with Gasteiger partial charge in [0.1, 0.15) is 5.82 Å². The van der Waals surface area contributed by atoms with Crippen LogP contribution in [0.25, 0.3) is 5.52 Å². The van der Waals surface area contributed by atoms with Gasteiger partial charge in [-0.2, -0.15) is 0 Å². The second-order valence-electron chi connectivity index (χ2n) is 5.42. The van der Waals surface area contributed by atoms with Crippen molar-refractivity contribution in [1.29, 1.82) is 0 Å². The lowest BCUT2D eigenvalue weighted by Gasteiger charge is -2.37. The van der Waals surface area contributed by atoms with E-state index in [1.54, 1.807) is 4.90 Å². The number of imidazole rings is 1. The van der Waals surface area contributed by atoms with Gasteiger partial charge in [-0.05, 0) is 25.1 Å². The number of carbonyl (C=O) groups is 2. The molecule has 0 aromatic carbocycles. The SMILES string of the molecule is C=CC(=O)N1CC(C(=O)NCc2nc(C)n3ccccc23)C1. The number of aryl methyl sites for hydroxylation is 1. The smallest absolute Gasteiger partial charge is 0.246 e. The molecule has 1 aliphatic heterocycles. The molecule has 3 heterocycles. The predicted molar refractivity (Wildman–Crippen MR) is 82.0 cm³/mol. The maximum absolute atomic E-state index is 12.1. The van der Waals surface area contributed by atoms with Crippen molar-refractivity contribution in [2.75, 3.05) is 13.1 Å². The van der Waals surface area contributed by atoms with E-state index in [0.717, 1.165) is 17.0 Å². The van der Waals surface area contributed by atoms with Gasteiger partial charge in [-0.1, -0.05) is 12.6 Å². The van der Waals surface area contributed by atoms with E-state index in [0.29, 0.717) is 19.6 Å². The Kier molecular flexibility index (Phi) is 3.66. The van der Waals surface area contributed by atoms with Crippen LogP contribution in [0.2, 0.25) is 0 Å². The summed E-state index contributed by atoms with van der Waals surface area (Å²) in [7, 11) is 0.